The van der Waals surface area contributed by atoms with Gasteiger partial charge < -0.3 is 9.47 Å². The minimum Gasteiger partial charge on any atom is -0.494 e. The van der Waals surface area contributed by atoms with Gasteiger partial charge in [0.1, 0.15) is 11.5 Å². The van der Waals surface area contributed by atoms with Gasteiger partial charge in [-0.15, -0.1) is 0 Å². The third kappa shape index (κ3) is 10.4. The molecule has 188 valence electrons. The van der Waals surface area contributed by atoms with Crippen LogP contribution in [0.2, 0.25) is 0 Å². The Kier molecular flexibility index (Phi) is 12.0. The molecule has 0 aliphatic heterocycles. The Bertz CT molecular complexity index is 917. The number of rotatable bonds is 14. The Balaban J connectivity index is 1.62. The van der Waals surface area contributed by atoms with Crippen LogP contribution < -0.4 is 20.3 Å². The Morgan fingerprint density at radius 3 is 1.37 bits per heavy atom. The van der Waals surface area contributed by atoms with E-state index < -0.39 is 0 Å². The smallest absolute Gasteiger partial charge is 0.240 e. The van der Waals surface area contributed by atoms with Crippen molar-refractivity contribution in [2.45, 2.75) is 59.8 Å². The van der Waals surface area contributed by atoms with E-state index in [1.54, 1.807) is 0 Å². The monoisotopic (exact) mass is 480 g/mol. The summed E-state index contributed by atoms with van der Waals surface area (Å²) in [4.78, 5) is 24.1. The van der Waals surface area contributed by atoms with Gasteiger partial charge in [-0.25, -0.2) is 10.9 Å². The van der Waals surface area contributed by atoms with E-state index in [2.05, 4.69) is 21.1 Å². The van der Waals surface area contributed by atoms with Gasteiger partial charge in [-0.2, -0.15) is 10.2 Å². The number of hydrogen-bond donors (Lipinski definition) is 2. The van der Waals surface area contributed by atoms with Gasteiger partial charge in [0.15, 0.2) is 0 Å². The first-order valence-electron chi connectivity index (χ1n) is 12.1. The molecule has 0 saturated heterocycles. The van der Waals surface area contributed by atoms with Crippen LogP contribution in [0.15, 0.2) is 58.7 Å². The van der Waals surface area contributed by atoms with Crippen molar-refractivity contribution in [3.63, 3.8) is 0 Å². The number of benzene rings is 2. The van der Waals surface area contributed by atoms with E-state index in [1.165, 1.54) is 0 Å². The normalized spacial score (nSPS) is 11.7. The summed E-state index contributed by atoms with van der Waals surface area (Å²) < 4.78 is 10.9. The highest BCUT2D eigenvalue weighted by molar-refractivity contribution is 5.99. The zero-order valence-electron chi connectivity index (χ0n) is 21.1. The van der Waals surface area contributed by atoms with E-state index in [0.29, 0.717) is 38.9 Å². The number of carbonyl (C=O) groups is 2. The highest BCUT2D eigenvalue weighted by Gasteiger charge is 2.05. The standard InChI is InChI=1S/C27H36N4O4/c1-5-34-24-16-12-22(13-17-24)20(3)28-30-26(32)10-8-7-9-11-27(33)31-29-21(4)23-14-18-25(19-15-23)35-6-2/h12-19H,5-11H2,1-4H3,(H,30,32)(H,31,33)/b28-20+,29-21+. The van der Waals surface area contributed by atoms with E-state index in [1.807, 2.05) is 76.2 Å². The molecule has 2 rings (SSSR count). The number of amides is 2. The van der Waals surface area contributed by atoms with Crippen LogP contribution in [0.25, 0.3) is 0 Å². The molecule has 0 atom stereocenters. The largest absolute Gasteiger partial charge is 0.494 e. The molecule has 0 aromatic heterocycles. The van der Waals surface area contributed by atoms with Crippen LogP contribution in [0.1, 0.15) is 70.9 Å². The Morgan fingerprint density at radius 2 is 1.03 bits per heavy atom. The van der Waals surface area contributed by atoms with Crippen molar-refractivity contribution in [2.24, 2.45) is 10.2 Å². The topological polar surface area (TPSA) is 101 Å². The molecule has 0 aliphatic rings. The number of ether oxygens (including phenoxy) is 2. The van der Waals surface area contributed by atoms with Crippen molar-refractivity contribution in [2.75, 3.05) is 13.2 Å². The Labute approximate surface area is 207 Å². The second-order valence-electron chi connectivity index (χ2n) is 7.94. The average molecular weight is 481 g/mol. The van der Waals surface area contributed by atoms with Crippen molar-refractivity contribution in [3.8, 4) is 11.5 Å². The number of nitrogens with one attached hydrogen (secondary N) is 2. The molecule has 0 spiro atoms. The van der Waals surface area contributed by atoms with Crippen molar-refractivity contribution in [1.29, 1.82) is 0 Å². The number of nitrogens with zero attached hydrogens (tertiary/aromatic N) is 2. The fourth-order valence-corrected chi connectivity index (χ4v) is 3.20. The lowest BCUT2D eigenvalue weighted by molar-refractivity contribution is -0.121. The van der Waals surface area contributed by atoms with Crippen molar-refractivity contribution >= 4 is 23.2 Å². The van der Waals surface area contributed by atoms with Gasteiger partial charge in [0.2, 0.25) is 11.8 Å². The molecule has 2 N–H and O–H groups in total. The van der Waals surface area contributed by atoms with E-state index in [0.717, 1.165) is 40.5 Å². The molecule has 0 bridgehead atoms. The molecular formula is C27H36N4O4. The molecule has 2 aromatic carbocycles. The Morgan fingerprint density at radius 1 is 0.657 bits per heavy atom. The minimum absolute atomic E-state index is 0.143. The summed E-state index contributed by atoms with van der Waals surface area (Å²) in [6.45, 7) is 8.79. The summed E-state index contributed by atoms with van der Waals surface area (Å²) in [6.07, 6.45) is 2.85. The molecule has 0 aliphatic carbocycles. The third-order valence-electron chi connectivity index (χ3n) is 5.17. The molecule has 0 unspecified atom stereocenters. The van der Waals surface area contributed by atoms with Crippen LogP contribution in [0, 0.1) is 0 Å². The number of hydrogen-bond acceptors (Lipinski definition) is 6. The molecule has 0 saturated carbocycles. The molecular weight excluding hydrogens is 444 g/mol. The van der Waals surface area contributed by atoms with Gasteiger partial charge in [-0.05, 0) is 100 Å². The van der Waals surface area contributed by atoms with E-state index in [-0.39, 0.29) is 11.8 Å². The quantitative estimate of drug-likeness (QED) is 0.230. The predicted octanol–water partition coefficient (Wildman–Crippen LogP) is 4.82. The molecule has 8 nitrogen and oxygen atoms in total. The minimum atomic E-state index is -0.143. The molecule has 35 heavy (non-hydrogen) atoms. The molecule has 8 heteroatoms. The summed E-state index contributed by atoms with van der Waals surface area (Å²) in [5.41, 5.74) is 8.46. The molecule has 2 aromatic rings. The summed E-state index contributed by atoms with van der Waals surface area (Å²) in [5, 5.41) is 8.33. The van der Waals surface area contributed by atoms with Crippen LogP contribution >= 0.6 is 0 Å². The maximum absolute atomic E-state index is 12.0. The maximum Gasteiger partial charge on any atom is 0.240 e. The average Bonchev–Trinajstić information content (AvgIpc) is 2.87. The maximum atomic E-state index is 12.0. The highest BCUT2D eigenvalue weighted by atomic mass is 16.5. The van der Waals surface area contributed by atoms with Crippen molar-refractivity contribution in [1.82, 2.24) is 10.9 Å². The van der Waals surface area contributed by atoms with Crippen LogP contribution in [0.5, 0.6) is 11.5 Å². The fraction of sp³-hybridized carbons (Fsp3) is 0.407. The summed E-state index contributed by atoms with van der Waals surface area (Å²) in [6, 6.07) is 15.1. The van der Waals surface area contributed by atoms with Crippen molar-refractivity contribution < 1.29 is 19.1 Å². The van der Waals surface area contributed by atoms with Gasteiger partial charge in [-0.3, -0.25) is 9.59 Å². The van der Waals surface area contributed by atoms with Crippen LogP contribution in [-0.4, -0.2) is 36.5 Å². The first-order chi connectivity index (χ1) is 16.9. The first-order valence-corrected chi connectivity index (χ1v) is 12.1. The summed E-state index contributed by atoms with van der Waals surface area (Å²) in [7, 11) is 0. The van der Waals surface area contributed by atoms with E-state index in [4.69, 9.17) is 9.47 Å². The van der Waals surface area contributed by atoms with Crippen LogP contribution in [0.3, 0.4) is 0 Å². The van der Waals surface area contributed by atoms with Gasteiger partial charge in [0.05, 0.1) is 24.6 Å². The summed E-state index contributed by atoms with van der Waals surface area (Å²) >= 11 is 0. The van der Waals surface area contributed by atoms with Crippen molar-refractivity contribution in [3.05, 3.63) is 59.7 Å². The van der Waals surface area contributed by atoms with E-state index >= 15 is 0 Å². The summed E-state index contributed by atoms with van der Waals surface area (Å²) in [5.74, 6) is 1.32. The number of unbranched alkanes of at least 4 members (excludes halogenated alkanes) is 2. The molecule has 2 amide bonds. The number of carbonyl (C=O) groups excluding carboxylic acids is 2. The fourth-order valence-electron chi connectivity index (χ4n) is 3.20. The third-order valence-corrected chi connectivity index (χ3v) is 5.17. The molecule has 0 heterocycles. The first kappa shape index (κ1) is 27.6. The highest BCUT2D eigenvalue weighted by Crippen LogP contribution is 2.13. The van der Waals surface area contributed by atoms with Gasteiger partial charge in [0, 0.05) is 12.8 Å². The lowest BCUT2D eigenvalue weighted by Gasteiger charge is -2.06. The molecule has 0 radical (unpaired) electrons. The number of hydrazone groups is 2. The van der Waals surface area contributed by atoms with Crippen LogP contribution in [0.4, 0.5) is 0 Å². The zero-order chi connectivity index (χ0) is 25.5. The predicted molar refractivity (Wildman–Crippen MR) is 139 cm³/mol. The Hall–Kier alpha value is -3.68. The van der Waals surface area contributed by atoms with Gasteiger partial charge >= 0.3 is 0 Å². The van der Waals surface area contributed by atoms with Gasteiger partial charge in [0.25, 0.3) is 0 Å². The lowest BCUT2D eigenvalue weighted by atomic mass is 10.1. The van der Waals surface area contributed by atoms with E-state index in [9.17, 15) is 9.59 Å². The van der Waals surface area contributed by atoms with Gasteiger partial charge in [-0.1, -0.05) is 6.42 Å². The van der Waals surface area contributed by atoms with Crippen LogP contribution in [-0.2, 0) is 9.59 Å². The lowest BCUT2D eigenvalue weighted by Crippen LogP contribution is -2.19. The molecule has 0 fully saturated rings. The zero-order valence-corrected chi connectivity index (χ0v) is 21.1. The second-order valence-corrected chi connectivity index (χ2v) is 7.94. The SMILES string of the molecule is CCOc1ccc(/C(C)=N/NC(=O)CCCCCC(=O)N/N=C(\C)c2ccc(OCC)cc2)cc1. The second kappa shape index (κ2) is 15.3.